The van der Waals surface area contributed by atoms with Crippen LogP contribution in [0.3, 0.4) is 0 Å². The summed E-state index contributed by atoms with van der Waals surface area (Å²) >= 11 is 0. The lowest BCUT2D eigenvalue weighted by Gasteiger charge is -2.52. The molecule has 46 nitrogen and oxygen atoms in total. The summed E-state index contributed by atoms with van der Waals surface area (Å²) in [7, 11) is -5.56. The molecule has 8 saturated heterocycles. The van der Waals surface area contributed by atoms with E-state index >= 15 is 0 Å². The van der Waals surface area contributed by atoms with Gasteiger partial charge in [-0.3, -0.25) is 18.9 Å². The van der Waals surface area contributed by atoms with Gasteiger partial charge in [-0.2, -0.15) is 8.42 Å². The van der Waals surface area contributed by atoms with Crippen molar-refractivity contribution in [3.8, 4) is 0 Å². The Labute approximate surface area is 572 Å². The maximum absolute atomic E-state index is 13.4. The second kappa shape index (κ2) is 35.7. The van der Waals surface area contributed by atoms with Crippen LogP contribution in [0, 0.1) is 0 Å². The van der Waals surface area contributed by atoms with Crippen LogP contribution in [0.25, 0.3) is 0 Å². The van der Waals surface area contributed by atoms with E-state index in [1.165, 1.54) is 6.92 Å². The molecule has 8 heterocycles. The van der Waals surface area contributed by atoms with Crippen molar-refractivity contribution >= 4 is 28.1 Å². The van der Waals surface area contributed by atoms with E-state index in [0.29, 0.717) is 0 Å². The van der Waals surface area contributed by atoms with Crippen molar-refractivity contribution in [3.05, 3.63) is 0 Å². The van der Waals surface area contributed by atoms with E-state index in [1.54, 1.807) is 0 Å². The van der Waals surface area contributed by atoms with Crippen molar-refractivity contribution in [1.29, 1.82) is 0 Å². The fourth-order valence-electron chi connectivity index (χ4n) is 12.7. The molecular formula is C54H91N3O43S. The Morgan fingerprint density at radius 2 is 0.703 bits per heavy atom. The van der Waals surface area contributed by atoms with Gasteiger partial charge in [0.05, 0.1) is 52.4 Å². The number of carbonyl (C=O) groups excluding carboxylic acids is 3. The highest BCUT2D eigenvalue weighted by Crippen LogP contribution is 2.40. The van der Waals surface area contributed by atoms with E-state index in [1.807, 2.05) is 0 Å². The number of aliphatic hydroxyl groups excluding tert-OH is 21. The third-order valence-electron chi connectivity index (χ3n) is 18.0. The minimum Gasteiger partial charge on any atom is -0.394 e. The average Bonchev–Trinajstić information content (AvgIpc) is 0.765. The first kappa shape index (κ1) is 83.5. The minimum atomic E-state index is -5.56. The van der Waals surface area contributed by atoms with E-state index in [4.69, 9.17) is 71.1 Å². The van der Waals surface area contributed by atoms with Gasteiger partial charge in [0.1, 0.15) is 189 Å². The van der Waals surface area contributed by atoms with Gasteiger partial charge in [0.2, 0.25) is 17.7 Å². The standard InChI is InChI=1S/C54H91N3O43S/c1-12-26(66)33(73)38(78)51(87-12)98-44-25(57-15(4)65)49(94-22(11-86-101(82,83)84)43(44)97-52-39(79)35(75)28(68)17(6-59)90-52)100-46-36(76)29(69)18(7-60)91-54(46)99-45-30(70)21(10-85-50-37(77)34(74)27(67)16(5-58)89-50)93-53(40(45)80)96-42-20(9-62)92-48(24(32(42)72)56-14(3)64)95-41-19(8-61)88-47(81)23(31(41)71)55-13(2)63/h12,16-54,58-62,66-81H,5-11H2,1-4H3,(H,55,63)(H,56,64)(H,57,65)(H,82,83,84)/t12-,16+,17+,18+,19+,20+,21+,22+,23+,24+,25+,26+,27+,28-,29+,30+,31+,32+,33+,34-,35-,36-,37-,38-,39+,40-,41+,42+,43+,44+,45-,46-,47+,48-,49-,50-,51-,52-,53-,54+/m0/s1. The molecule has 101 heavy (non-hydrogen) atoms. The van der Waals surface area contributed by atoms with Crippen LogP contribution in [0.4, 0.5) is 0 Å². The molecule has 8 aliphatic rings. The fraction of sp³-hybridized carbons (Fsp3) is 0.944. The molecule has 0 unspecified atom stereocenters. The average molecular weight is 1500 g/mol. The second-order valence-electron chi connectivity index (χ2n) is 25.1. The van der Waals surface area contributed by atoms with Crippen molar-refractivity contribution in [2.45, 2.75) is 273 Å². The number of ether oxygens (including phenoxy) is 15. The normalized spacial score (nSPS) is 48.6. The number of carbonyl (C=O) groups is 3. The lowest BCUT2D eigenvalue weighted by Crippen LogP contribution is -2.71. The highest BCUT2D eigenvalue weighted by atomic mass is 32.3. The monoisotopic (exact) mass is 1500 g/mol. The maximum Gasteiger partial charge on any atom is 0.397 e. The van der Waals surface area contributed by atoms with Crippen molar-refractivity contribution in [1.82, 2.24) is 16.0 Å². The molecule has 25 N–H and O–H groups in total. The lowest BCUT2D eigenvalue weighted by molar-refractivity contribution is -0.402. The summed E-state index contributed by atoms with van der Waals surface area (Å²) in [6, 6.07) is -5.67. The molecule has 586 valence electrons. The van der Waals surface area contributed by atoms with E-state index in [0.717, 1.165) is 20.8 Å². The first-order chi connectivity index (χ1) is 47.5. The van der Waals surface area contributed by atoms with Crippen molar-refractivity contribution in [2.75, 3.05) is 46.2 Å². The van der Waals surface area contributed by atoms with Crippen LogP contribution < -0.4 is 16.0 Å². The Balaban J connectivity index is 1.17. The number of aliphatic hydroxyl groups is 21. The zero-order valence-corrected chi connectivity index (χ0v) is 54.7. The zero-order valence-electron chi connectivity index (χ0n) is 53.9. The van der Waals surface area contributed by atoms with Gasteiger partial charge in [0.15, 0.2) is 50.3 Å². The number of amides is 3. The molecule has 0 saturated carbocycles. The molecule has 8 rings (SSSR count). The molecule has 8 fully saturated rings. The highest BCUT2D eigenvalue weighted by Gasteiger charge is 2.61. The van der Waals surface area contributed by atoms with E-state index in [-0.39, 0.29) is 0 Å². The van der Waals surface area contributed by atoms with E-state index in [2.05, 4.69) is 20.1 Å². The van der Waals surface area contributed by atoms with E-state index < -0.39 is 320 Å². The molecular weight excluding hydrogens is 1410 g/mol. The second-order valence-corrected chi connectivity index (χ2v) is 26.2. The topological polar surface area (TPSA) is 714 Å². The summed E-state index contributed by atoms with van der Waals surface area (Å²) in [6.07, 6.45) is -78.2. The summed E-state index contributed by atoms with van der Waals surface area (Å²) in [5.41, 5.74) is 0. The molecule has 0 spiro atoms. The predicted molar refractivity (Wildman–Crippen MR) is 308 cm³/mol. The highest BCUT2D eigenvalue weighted by molar-refractivity contribution is 7.80. The maximum atomic E-state index is 13.4. The fourth-order valence-corrected chi connectivity index (χ4v) is 13.0. The predicted octanol–water partition coefficient (Wildman–Crippen LogP) is -17.2. The van der Waals surface area contributed by atoms with Crippen LogP contribution in [0.15, 0.2) is 0 Å². The smallest absolute Gasteiger partial charge is 0.394 e. The molecule has 0 bridgehead atoms. The Morgan fingerprint density at radius 3 is 1.25 bits per heavy atom. The van der Waals surface area contributed by atoms with Crippen LogP contribution in [0.5, 0.6) is 0 Å². The summed E-state index contributed by atoms with van der Waals surface area (Å²) in [5, 5.41) is 238. The Bertz CT molecular complexity index is 2760. The Hall–Kier alpha value is -3.16. The molecule has 0 aromatic heterocycles. The van der Waals surface area contributed by atoms with Gasteiger partial charge in [0.25, 0.3) is 0 Å². The zero-order chi connectivity index (χ0) is 74.7. The van der Waals surface area contributed by atoms with Gasteiger partial charge >= 0.3 is 10.4 Å². The van der Waals surface area contributed by atoms with Crippen LogP contribution in [0.2, 0.25) is 0 Å². The van der Waals surface area contributed by atoms with Crippen LogP contribution >= 0.6 is 0 Å². The van der Waals surface area contributed by atoms with E-state index in [9.17, 15) is 135 Å². The van der Waals surface area contributed by atoms with Gasteiger partial charge in [-0.1, -0.05) is 0 Å². The third-order valence-corrected chi connectivity index (χ3v) is 18.4. The SMILES string of the molecule is CC(=O)N[C@@H]1[C@@H](O)[C@H](O[C@@H]2O[C@H](CO)[C@@H](O[C@@H]3O[C@H](CO[C@H]4O[C@H](CO)[C@@H](O)[C@H](O)[C@@H]4O)[C@@H](O)[C@H](O[C@H]4O[C@H](CO)[C@@H](O)[C@H](O)[C@@H]4O[C@@H]4O[C@H](COS(=O)(=O)O)[C@@H](O[C@@H]5O[C@H](CO)[C@H](O)[C@H](O)[C@H]5O)[C@H](O[C@@H]5O[C@@H](C)[C@@H](O)[C@@H](O)[C@@H]5O)[C@H]4NC(C)=O)[C@@H]3O)[C@H](O)[C@H]2NC(C)=O)[C@@H](CO)O[C@H]1O. The molecule has 40 atom stereocenters. The van der Waals surface area contributed by atoms with Gasteiger partial charge in [-0.15, -0.1) is 0 Å². The number of nitrogens with one attached hydrogen (secondary N) is 3. The summed E-state index contributed by atoms with van der Waals surface area (Å²) in [5.74, 6) is -2.77. The van der Waals surface area contributed by atoms with Crippen molar-refractivity contribution < 1.29 is 210 Å². The third kappa shape index (κ3) is 19.0. The number of hydrogen-bond donors (Lipinski definition) is 25. The largest absolute Gasteiger partial charge is 0.397 e. The minimum absolute atomic E-state index is 0.775. The van der Waals surface area contributed by atoms with Crippen LogP contribution in [-0.2, 0) is 100 Å². The van der Waals surface area contributed by atoms with Crippen LogP contribution in [0.1, 0.15) is 27.7 Å². The summed E-state index contributed by atoms with van der Waals surface area (Å²) < 4.78 is 128. The molecule has 8 aliphatic heterocycles. The molecule has 0 aromatic carbocycles. The quantitative estimate of drug-likeness (QED) is 0.0358. The van der Waals surface area contributed by atoms with Crippen molar-refractivity contribution in [3.63, 3.8) is 0 Å². The molecule has 3 amide bonds. The lowest BCUT2D eigenvalue weighted by atomic mass is 9.93. The molecule has 0 aromatic rings. The Morgan fingerprint density at radius 1 is 0.327 bits per heavy atom. The van der Waals surface area contributed by atoms with Gasteiger partial charge in [-0.05, 0) is 6.92 Å². The van der Waals surface area contributed by atoms with Gasteiger partial charge in [-0.25, -0.2) is 4.18 Å². The number of hydrogen-bond acceptors (Lipinski definition) is 42. The molecule has 0 aliphatic carbocycles. The molecule has 0 radical (unpaired) electrons. The first-order valence-corrected chi connectivity index (χ1v) is 33.0. The summed E-state index contributed by atoms with van der Waals surface area (Å²) in [6.45, 7) is -3.91. The van der Waals surface area contributed by atoms with Gasteiger partial charge in [0, 0.05) is 20.8 Å². The first-order valence-electron chi connectivity index (χ1n) is 31.6. The van der Waals surface area contributed by atoms with Gasteiger partial charge < -0.3 is 194 Å². The number of rotatable bonds is 26. The van der Waals surface area contributed by atoms with Crippen LogP contribution in [-0.4, -0.2) is 430 Å². The molecule has 47 heteroatoms. The Kier molecular flexibility index (Phi) is 29.5. The van der Waals surface area contributed by atoms with Crippen molar-refractivity contribution in [2.24, 2.45) is 0 Å². The summed E-state index contributed by atoms with van der Waals surface area (Å²) in [4.78, 5) is 38.3.